The molecule has 1 aliphatic rings. The minimum absolute atomic E-state index is 0.0170. The molecular weight excluding hydrogens is 436 g/mol. The summed E-state index contributed by atoms with van der Waals surface area (Å²) in [6.45, 7) is 7.27. The van der Waals surface area contributed by atoms with E-state index in [2.05, 4.69) is 17.2 Å². The third-order valence-electron chi connectivity index (χ3n) is 4.88. The first-order chi connectivity index (χ1) is 15.3. The van der Waals surface area contributed by atoms with E-state index in [-0.39, 0.29) is 17.2 Å². The summed E-state index contributed by atoms with van der Waals surface area (Å²) in [7, 11) is 1.42. The molecule has 1 unspecified atom stereocenters. The molecule has 1 amide bonds. The van der Waals surface area contributed by atoms with Crippen molar-refractivity contribution in [1.29, 1.82) is 0 Å². The number of carbonyl (C=O) groups excluding carboxylic acids is 1. The number of benzene rings is 2. The molecule has 2 atom stereocenters. The number of halogens is 2. The molecule has 2 aromatic rings. The van der Waals surface area contributed by atoms with Crippen LogP contribution in [0.3, 0.4) is 0 Å². The number of nitrogens with zero attached hydrogens (tertiary/aromatic N) is 2. The standard InChI is InChI=1S/C23H25F2N3O3S/c1-15(2)27-31-13-12-23(17-8-6-5-7-9-17)28(22(29)16(3)30-4)26-21(32-23)19-14-18(24)10-11-20(19)25/h5-11,14,16,27H,1,12-13H2,2-4H3/t16-,23?/m0/s1. The minimum Gasteiger partial charge on any atom is -0.372 e. The smallest absolute Gasteiger partial charge is 0.273 e. The molecule has 2 aromatic carbocycles. The highest BCUT2D eigenvalue weighted by Crippen LogP contribution is 2.50. The SMILES string of the molecule is C=C(C)NOCCC1(c2ccccc2)SC(c2cc(F)ccc2F)=NN1C(=O)[C@H](C)OC. The van der Waals surface area contributed by atoms with Gasteiger partial charge in [-0.05, 0) is 37.6 Å². The van der Waals surface area contributed by atoms with Crippen molar-refractivity contribution in [2.45, 2.75) is 31.2 Å². The quantitative estimate of drug-likeness (QED) is 0.439. The Balaban J connectivity index is 2.08. The van der Waals surface area contributed by atoms with Crippen molar-refractivity contribution in [3.8, 4) is 0 Å². The van der Waals surface area contributed by atoms with Crippen molar-refractivity contribution in [3.05, 3.63) is 83.6 Å². The van der Waals surface area contributed by atoms with Crippen LogP contribution in [0.1, 0.15) is 31.4 Å². The summed E-state index contributed by atoms with van der Waals surface area (Å²) in [6.07, 6.45) is -0.498. The van der Waals surface area contributed by atoms with Gasteiger partial charge in [0, 0.05) is 24.8 Å². The Labute approximate surface area is 190 Å². The Hall–Kier alpha value is -2.75. The van der Waals surface area contributed by atoms with Crippen molar-refractivity contribution in [2.24, 2.45) is 5.10 Å². The fraction of sp³-hybridized carbons (Fsp3) is 0.304. The van der Waals surface area contributed by atoms with E-state index in [1.54, 1.807) is 13.8 Å². The second-order valence-corrected chi connectivity index (χ2v) is 8.56. The first kappa shape index (κ1) is 23.9. The van der Waals surface area contributed by atoms with Crippen LogP contribution in [0.2, 0.25) is 0 Å². The van der Waals surface area contributed by atoms with Crippen molar-refractivity contribution in [3.63, 3.8) is 0 Å². The van der Waals surface area contributed by atoms with Gasteiger partial charge < -0.3 is 4.74 Å². The molecule has 0 saturated carbocycles. The Bertz CT molecular complexity index is 1020. The third kappa shape index (κ3) is 5.01. The number of methoxy groups -OCH3 is 1. The highest BCUT2D eigenvalue weighted by Gasteiger charge is 2.49. The Morgan fingerprint density at radius 2 is 2.00 bits per heavy atom. The van der Waals surface area contributed by atoms with Gasteiger partial charge in [-0.1, -0.05) is 48.7 Å². The van der Waals surface area contributed by atoms with Crippen molar-refractivity contribution < 1.29 is 23.1 Å². The zero-order valence-corrected chi connectivity index (χ0v) is 18.9. The molecule has 1 aliphatic heterocycles. The Morgan fingerprint density at radius 1 is 1.28 bits per heavy atom. The second-order valence-electron chi connectivity index (χ2n) is 7.29. The molecule has 9 heteroatoms. The normalized spacial score (nSPS) is 18.9. The van der Waals surface area contributed by atoms with Gasteiger partial charge in [0.25, 0.3) is 5.91 Å². The maximum absolute atomic E-state index is 14.6. The van der Waals surface area contributed by atoms with Crippen LogP contribution in [-0.4, -0.2) is 35.8 Å². The zero-order chi connectivity index (χ0) is 23.3. The van der Waals surface area contributed by atoms with Crippen LogP contribution in [0.25, 0.3) is 0 Å². The zero-order valence-electron chi connectivity index (χ0n) is 18.1. The summed E-state index contributed by atoms with van der Waals surface area (Å²) in [5.41, 5.74) is 4.06. The van der Waals surface area contributed by atoms with Gasteiger partial charge in [0.1, 0.15) is 27.7 Å². The molecule has 32 heavy (non-hydrogen) atoms. The maximum Gasteiger partial charge on any atom is 0.273 e. The molecule has 0 aliphatic carbocycles. The van der Waals surface area contributed by atoms with Gasteiger partial charge in [0.2, 0.25) is 0 Å². The van der Waals surface area contributed by atoms with E-state index in [0.29, 0.717) is 12.1 Å². The predicted molar refractivity (Wildman–Crippen MR) is 120 cm³/mol. The summed E-state index contributed by atoms with van der Waals surface area (Å²) >= 11 is 1.17. The molecule has 0 fully saturated rings. The summed E-state index contributed by atoms with van der Waals surface area (Å²) in [6, 6.07) is 12.4. The Morgan fingerprint density at radius 3 is 2.66 bits per heavy atom. The molecule has 1 N–H and O–H groups in total. The lowest BCUT2D eigenvalue weighted by Gasteiger charge is -2.36. The molecule has 3 rings (SSSR count). The molecule has 0 spiro atoms. The van der Waals surface area contributed by atoms with E-state index in [0.717, 1.165) is 23.8 Å². The van der Waals surface area contributed by atoms with Crippen LogP contribution in [0.5, 0.6) is 0 Å². The van der Waals surface area contributed by atoms with Gasteiger partial charge >= 0.3 is 0 Å². The largest absolute Gasteiger partial charge is 0.372 e. The molecular formula is C23H25F2N3O3S. The highest BCUT2D eigenvalue weighted by molar-refractivity contribution is 8.15. The predicted octanol–water partition coefficient (Wildman–Crippen LogP) is 4.53. The van der Waals surface area contributed by atoms with Crippen LogP contribution in [-0.2, 0) is 19.2 Å². The number of allylic oxidation sites excluding steroid dienone is 1. The summed E-state index contributed by atoms with van der Waals surface area (Å²) < 4.78 is 33.7. The van der Waals surface area contributed by atoms with Crippen LogP contribution < -0.4 is 5.48 Å². The van der Waals surface area contributed by atoms with Gasteiger partial charge in [-0.15, -0.1) is 0 Å². The van der Waals surface area contributed by atoms with Gasteiger partial charge in [0.15, 0.2) is 0 Å². The highest BCUT2D eigenvalue weighted by atomic mass is 32.2. The van der Waals surface area contributed by atoms with E-state index in [4.69, 9.17) is 9.57 Å². The first-order valence-corrected chi connectivity index (χ1v) is 10.8. The first-order valence-electron chi connectivity index (χ1n) is 9.97. The lowest BCUT2D eigenvalue weighted by atomic mass is 10.0. The topological polar surface area (TPSA) is 63.2 Å². The van der Waals surface area contributed by atoms with Crippen LogP contribution in [0, 0.1) is 11.6 Å². The molecule has 0 bridgehead atoms. The number of hydrogen-bond acceptors (Lipinski definition) is 6. The number of hydroxylamine groups is 1. The number of amides is 1. The number of ether oxygens (including phenoxy) is 1. The number of rotatable bonds is 9. The lowest BCUT2D eigenvalue weighted by Crippen LogP contribution is -2.46. The summed E-state index contributed by atoms with van der Waals surface area (Å²) in [5, 5.41) is 5.94. The fourth-order valence-corrected chi connectivity index (χ4v) is 4.58. The van der Waals surface area contributed by atoms with E-state index in [1.807, 2.05) is 30.3 Å². The summed E-state index contributed by atoms with van der Waals surface area (Å²) in [5.74, 6) is -1.64. The number of hydrogen-bond donors (Lipinski definition) is 1. The van der Waals surface area contributed by atoms with Crippen molar-refractivity contribution >= 4 is 22.7 Å². The number of thioether (sulfide) groups is 1. The monoisotopic (exact) mass is 461 g/mol. The van der Waals surface area contributed by atoms with Gasteiger partial charge in [-0.2, -0.15) is 5.10 Å². The van der Waals surface area contributed by atoms with Crippen molar-refractivity contribution in [2.75, 3.05) is 13.7 Å². The van der Waals surface area contributed by atoms with Gasteiger partial charge in [-0.3, -0.25) is 15.1 Å². The molecule has 1 heterocycles. The van der Waals surface area contributed by atoms with E-state index in [1.165, 1.54) is 23.9 Å². The van der Waals surface area contributed by atoms with E-state index >= 15 is 0 Å². The number of hydrazone groups is 1. The van der Waals surface area contributed by atoms with E-state index in [9.17, 15) is 13.6 Å². The van der Waals surface area contributed by atoms with Crippen molar-refractivity contribution in [1.82, 2.24) is 10.5 Å². The van der Waals surface area contributed by atoms with E-state index < -0.39 is 28.5 Å². The minimum atomic E-state index is -1.06. The van der Waals surface area contributed by atoms with Crippen LogP contribution in [0.4, 0.5) is 8.78 Å². The summed E-state index contributed by atoms with van der Waals surface area (Å²) in [4.78, 5) is 17.7. The molecule has 0 saturated heterocycles. The number of carbonyl (C=O) groups is 1. The lowest BCUT2D eigenvalue weighted by molar-refractivity contribution is -0.145. The van der Waals surface area contributed by atoms with Crippen LogP contribution >= 0.6 is 11.8 Å². The van der Waals surface area contributed by atoms with Gasteiger partial charge in [-0.25, -0.2) is 13.8 Å². The number of nitrogens with one attached hydrogen (secondary N) is 1. The maximum atomic E-state index is 14.6. The van der Waals surface area contributed by atoms with Gasteiger partial charge in [0.05, 0.1) is 6.61 Å². The fourth-order valence-electron chi connectivity index (χ4n) is 3.21. The molecule has 6 nitrogen and oxygen atoms in total. The molecule has 170 valence electrons. The molecule has 0 aromatic heterocycles. The third-order valence-corrected chi connectivity index (χ3v) is 6.33. The average molecular weight is 462 g/mol. The average Bonchev–Trinajstić information content (AvgIpc) is 3.18. The molecule has 0 radical (unpaired) electrons. The Kier molecular flexibility index (Phi) is 7.65. The second kappa shape index (κ2) is 10.2. The van der Waals surface area contributed by atoms with Crippen LogP contribution in [0.15, 0.2) is 65.9 Å².